The molecule has 1 amide bonds. The molecule has 100 valence electrons. The highest BCUT2D eigenvalue weighted by atomic mass is 32.1. The van der Waals surface area contributed by atoms with Gasteiger partial charge in [-0.1, -0.05) is 0 Å². The normalized spacial score (nSPS) is 14.6. The van der Waals surface area contributed by atoms with Gasteiger partial charge in [-0.3, -0.25) is 4.79 Å². The molecule has 2 aromatic rings. The van der Waals surface area contributed by atoms with Crippen molar-refractivity contribution in [3.05, 3.63) is 40.0 Å². The standard InChI is InChI=1S/C14H16N2O2S/c1-9-12(15)7-13(19-9)14(17)16(10-4-5-10)8-11-3-2-6-18-11/h2-3,6-7,10H,4-5,8,15H2,1H3. The topological polar surface area (TPSA) is 59.5 Å². The first-order valence-electron chi connectivity index (χ1n) is 6.34. The van der Waals surface area contributed by atoms with Crippen LogP contribution in [0.2, 0.25) is 0 Å². The van der Waals surface area contributed by atoms with Gasteiger partial charge in [0, 0.05) is 16.6 Å². The van der Waals surface area contributed by atoms with Crippen LogP contribution in [0.3, 0.4) is 0 Å². The Morgan fingerprint density at radius 1 is 1.58 bits per heavy atom. The average Bonchev–Trinajstić information content (AvgIpc) is 3.00. The summed E-state index contributed by atoms with van der Waals surface area (Å²) in [4.78, 5) is 16.2. The van der Waals surface area contributed by atoms with E-state index in [9.17, 15) is 4.79 Å². The first-order chi connectivity index (χ1) is 9.15. The van der Waals surface area contributed by atoms with Crippen molar-refractivity contribution in [1.82, 2.24) is 4.90 Å². The molecule has 0 radical (unpaired) electrons. The molecule has 19 heavy (non-hydrogen) atoms. The molecular weight excluding hydrogens is 260 g/mol. The molecule has 0 spiro atoms. The Labute approximate surface area is 115 Å². The van der Waals surface area contributed by atoms with Gasteiger partial charge in [0.2, 0.25) is 0 Å². The van der Waals surface area contributed by atoms with Gasteiger partial charge in [0.25, 0.3) is 5.91 Å². The average molecular weight is 276 g/mol. The number of thiophene rings is 1. The summed E-state index contributed by atoms with van der Waals surface area (Å²) in [6.45, 7) is 2.47. The molecule has 0 bridgehead atoms. The van der Waals surface area contributed by atoms with Crippen LogP contribution in [0.1, 0.15) is 33.2 Å². The molecule has 0 unspecified atom stereocenters. The van der Waals surface area contributed by atoms with Crippen molar-refractivity contribution < 1.29 is 9.21 Å². The molecule has 0 aliphatic heterocycles. The predicted molar refractivity (Wildman–Crippen MR) is 75.1 cm³/mol. The van der Waals surface area contributed by atoms with Crippen molar-refractivity contribution in [2.75, 3.05) is 5.73 Å². The van der Waals surface area contributed by atoms with E-state index in [1.54, 1.807) is 12.3 Å². The predicted octanol–water partition coefficient (Wildman–Crippen LogP) is 3.04. The number of nitrogen functional groups attached to an aromatic ring is 1. The van der Waals surface area contributed by atoms with Crippen LogP contribution in [0.5, 0.6) is 0 Å². The maximum Gasteiger partial charge on any atom is 0.264 e. The van der Waals surface area contributed by atoms with Gasteiger partial charge in [-0.05, 0) is 38.0 Å². The van der Waals surface area contributed by atoms with Gasteiger partial charge in [0.1, 0.15) is 5.76 Å². The highest BCUT2D eigenvalue weighted by Crippen LogP contribution is 2.32. The third-order valence-corrected chi connectivity index (χ3v) is 4.38. The Morgan fingerprint density at radius 3 is 2.89 bits per heavy atom. The van der Waals surface area contributed by atoms with Crippen molar-refractivity contribution in [3.63, 3.8) is 0 Å². The summed E-state index contributed by atoms with van der Waals surface area (Å²) in [5.41, 5.74) is 6.52. The number of hydrogen-bond donors (Lipinski definition) is 1. The number of hydrogen-bond acceptors (Lipinski definition) is 4. The van der Waals surface area contributed by atoms with Crippen molar-refractivity contribution in [2.24, 2.45) is 0 Å². The molecule has 4 nitrogen and oxygen atoms in total. The largest absolute Gasteiger partial charge is 0.467 e. The molecule has 1 saturated carbocycles. The minimum Gasteiger partial charge on any atom is -0.467 e. The molecule has 0 atom stereocenters. The second-order valence-electron chi connectivity index (χ2n) is 4.87. The van der Waals surface area contributed by atoms with E-state index in [4.69, 9.17) is 10.2 Å². The van der Waals surface area contributed by atoms with E-state index >= 15 is 0 Å². The Morgan fingerprint density at radius 2 is 2.37 bits per heavy atom. The van der Waals surface area contributed by atoms with Gasteiger partial charge >= 0.3 is 0 Å². The van der Waals surface area contributed by atoms with E-state index in [0.29, 0.717) is 23.2 Å². The van der Waals surface area contributed by atoms with Gasteiger partial charge in [-0.15, -0.1) is 11.3 Å². The zero-order valence-electron chi connectivity index (χ0n) is 10.8. The second-order valence-corrected chi connectivity index (χ2v) is 6.12. The van der Waals surface area contributed by atoms with E-state index in [1.165, 1.54) is 11.3 Å². The van der Waals surface area contributed by atoms with E-state index in [2.05, 4.69) is 0 Å². The summed E-state index contributed by atoms with van der Waals surface area (Å²) >= 11 is 1.46. The molecule has 0 aromatic carbocycles. The minimum absolute atomic E-state index is 0.0590. The van der Waals surface area contributed by atoms with Gasteiger partial charge in [0.15, 0.2) is 0 Å². The molecule has 1 aliphatic carbocycles. The summed E-state index contributed by atoms with van der Waals surface area (Å²) < 4.78 is 5.34. The first kappa shape index (κ1) is 12.3. The summed E-state index contributed by atoms with van der Waals surface area (Å²) in [5.74, 6) is 0.880. The van der Waals surface area contributed by atoms with E-state index in [0.717, 1.165) is 23.5 Å². The molecule has 1 fully saturated rings. The Hall–Kier alpha value is -1.75. The number of carbonyl (C=O) groups is 1. The van der Waals surface area contributed by atoms with Crippen LogP contribution in [0, 0.1) is 6.92 Å². The quantitative estimate of drug-likeness (QED) is 0.933. The van der Waals surface area contributed by atoms with E-state index in [-0.39, 0.29) is 5.91 Å². The number of rotatable bonds is 4. The van der Waals surface area contributed by atoms with Crippen LogP contribution in [-0.2, 0) is 6.54 Å². The van der Waals surface area contributed by atoms with Crippen LogP contribution in [-0.4, -0.2) is 16.8 Å². The SMILES string of the molecule is Cc1sc(C(=O)N(Cc2ccco2)C2CC2)cc1N. The molecule has 5 heteroatoms. The van der Waals surface area contributed by atoms with Gasteiger partial charge < -0.3 is 15.1 Å². The Kier molecular flexibility index (Phi) is 3.06. The van der Waals surface area contributed by atoms with E-state index in [1.807, 2.05) is 24.0 Å². The smallest absolute Gasteiger partial charge is 0.264 e. The number of aryl methyl sites for hydroxylation is 1. The zero-order chi connectivity index (χ0) is 13.4. The number of nitrogens with zero attached hydrogens (tertiary/aromatic N) is 1. The third-order valence-electron chi connectivity index (χ3n) is 3.32. The van der Waals surface area contributed by atoms with Gasteiger partial charge in [-0.2, -0.15) is 0 Å². The number of nitrogens with two attached hydrogens (primary N) is 1. The summed E-state index contributed by atoms with van der Waals surface area (Å²) in [5, 5.41) is 0. The highest BCUT2D eigenvalue weighted by molar-refractivity contribution is 7.14. The van der Waals surface area contributed by atoms with Crippen LogP contribution >= 0.6 is 11.3 Å². The molecular formula is C14H16N2O2S. The fraction of sp³-hybridized carbons (Fsp3) is 0.357. The molecule has 2 N–H and O–H groups in total. The highest BCUT2D eigenvalue weighted by Gasteiger charge is 2.34. The van der Waals surface area contributed by atoms with Gasteiger partial charge in [0.05, 0.1) is 17.7 Å². The third kappa shape index (κ3) is 2.51. The van der Waals surface area contributed by atoms with Crippen LogP contribution in [0.15, 0.2) is 28.9 Å². The lowest BCUT2D eigenvalue weighted by atomic mass is 10.3. The molecule has 2 heterocycles. The van der Waals surface area contributed by atoms with E-state index < -0.39 is 0 Å². The lowest BCUT2D eigenvalue weighted by molar-refractivity contribution is 0.0722. The van der Waals surface area contributed by atoms with Crippen molar-refractivity contribution in [1.29, 1.82) is 0 Å². The van der Waals surface area contributed by atoms with Crippen LogP contribution in [0.25, 0.3) is 0 Å². The van der Waals surface area contributed by atoms with Crippen LogP contribution in [0.4, 0.5) is 5.69 Å². The molecule has 3 rings (SSSR count). The maximum absolute atomic E-state index is 12.6. The first-order valence-corrected chi connectivity index (χ1v) is 7.16. The molecule has 2 aromatic heterocycles. The zero-order valence-corrected chi connectivity index (χ0v) is 11.6. The van der Waals surface area contributed by atoms with Crippen molar-refractivity contribution in [2.45, 2.75) is 32.4 Å². The lowest BCUT2D eigenvalue weighted by Crippen LogP contribution is -2.31. The number of anilines is 1. The fourth-order valence-corrected chi connectivity index (χ4v) is 2.96. The lowest BCUT2D eigenvalue weighted by Gasteiger charge is -2.20. The summed E-state index contributed by atoms with van der Waals surface area (Å²) in [7, 11) is 0. The molecule has 0 saturated heterocycles. The van der Waals surface area contributed by atoms with Crippen LogP contribution < -0.4 is 5.73 Å². The summed E-state index contributed by atoms with van der Waals surface area (Å²) in [6.07, 6.45) is 3.79. The molecule has 1 aliphatic rings. The number of furan rings is 1. The van der Waals surface area contributed by atoms with Crippen molar-refractivity contribution in [3.8, 4) is 0 Å². The Bertz CT molecular complexity index is 565. The maximum atomic E-state index is 12.6. The second kappa shape index (κ2) is 4.74. The summed E-state index contributed by atoms with van der Waals surface area (Å²) in [6, 6.07) is 5.87. The monoisotopic (exact) mass is 276 g/mol. The number of amides is 1. The fourth-order valence-electron chi connectivity index (χ4n) is 2.07. The minimum atomic E-state index is 0.0590. The Balaban J connectivity index is 1.81. The van der Waals surface area contributed by atoms with Gasteiger partial charge in [-0.25, -0.2) is 0 Å². The van der Waals surface area contributed by atoms with Crippen molar-refractivity contribution >= 4 is 22.9 Å². The number of carbonyl (C=O) groups excluding carboxylic acids is 1.